The predicted molar refractivity (Wildman–Crippen MR) is 88.3 cm³/mol. The van der Waals surface area contributed by atoms with Crippen LogP contribution in [0.25, 0.3) is 0 Å². The van der Waals surface area contributed by atoms with Crippen molar-refractivity contribution in [1.29, 1.82) is 0 Å². The highest BCUT2D eigenvalue weighted by Crippen LogP contribution is 2.23. The molecule has 1 aromatic carbocycles. The van der Waals surface area contributed by atoms with Crippen molar-refractivity contribution < 1.29 is 8.42 Å². The van der Waals surface area contributed by atoms with E-state index in [9.17, 15) is 8.42 Å². The van der Waals surface area contributed by atoms with Gasteiger partial charge < -0.3 is 4.90 Å². The molecule has 0 amide bonds. The third-order valence-electron chi connectivity index (χ3n) is 3.43. The second-order valence-electron chi connectivity index (χ2n) is 5.38. The Morgan fingerprint density at radius 1 is 1.14 bits per heavy atom. The first-order valence-electron chi connectivity index (χ1n) is 7.14. The summed E-state index contributed by atoms with van der Waals surface area (Å²) < 4.78 is 27.3. The molecule has 0 bridgehead atoms. The van der Waals surface area contributed by atoms with E-state index in [2.05, 4.69) is 0 Å². The lowest BCUT2D eigenvalue weighted by molar-refractivity contribution is 0.333. The Kier molecular flexibility index (Phi) is 7.13. The SMILES string of the molecule is CCCN(CCN(C)C)S(=O)(=O)c1cccc(CCl)c1C. The second kappa shape index (κ2) is 8.13. The average Bonchev–Trinajstić information content (AvgIpc) is 2.43. The van der Waals surface area contributed by atoms with Crippen LogP contribution in [-0.4, -0.2) is 51.4 Å². The van der Waals surface area contributed by atoms with Crippen molar-refractivity contribution >= 4 is 21.6 Å². The first-order valence-corrected chi connectivity index (χ1v) is 9.11. The van der Waals surface area contributed by atoms with E-state index in [-0.39, 0.29) is 0 Å². The summed E-state index contributed by atoms with van der Waals surface area (Å²) in [4.78, 5) is 2.35. The molecule has 0 aliphatic carbocycles. The summed E-state index contributed by atoms with van der Waals surface area (Å²) in [6.07, 6.45) is 0.793. The number of benzene rings is 1. The van der Waals surface area contributed by atoms with Gasteiger partial charge in [-0.3, -0.25) is 0 Å². The molecular weight excluding hydrogens is 308 g/mol. The molecule has 0 aliphatic rings. The van der Waals surface area contributed by atoms with Crippen LogP contribution in [0.5, 0.6) is 0 Å². The number of nitrogens with zero attached hydrogens (tertiary/aromatic N) is 2. The van der Waals surface area contributed by atoms with Crippen molar-refractivity contribution in [3.05, 3.63) is 29.3 Å². The second-order valence-corrected chi connectivity index (χ2v) is 7.55. The Hall–Kier alpha value is -0.620. The number of likely N-dealkylation sites (N-methyl/N-ethyl adjacent to an activating group) is 1. The fourth-order valence-electron chi connectivity index (χ4n) is 2.14. The number of alkyl halides is 1. The summed E-state index contributed by atoms with van der Waals surface area (Å²) in [6, 6.07) is 5.29. The molecule has 0 aromatic heterocycles. The minimum Gasteiger partial charge on any atom is -0.308 e. The zero-order chi connectivity index (χ0) is 16.0. The van der Waals surface area contributed by atoms with Crippen molar-refractivity contribution in [2.45, 2.75) is 31.0 Å². The lowest BCUT2D eigenvalue weighted by atomic mass is 10.1. The summed E-state index contributed by atoms with van der Waals surface area (Å²) in [7, 11) is 0.407. The molecule has 0 heterocycles. The van der Waals surface area contributed by atoms with Gasteiger partial charge in [-0.15, -0.1) is 11.6 Å². The predicted octanol–water partition coefficient (Wildman–Crippen LogP) is 2.70. The topological polar surface area (TPSA) is 40.6 Å². The third kappa shape index (κ3) is 4.68. The fourth-order valence-corrected chi connectivity index (χ4v) is 4.22. The van der Waals surface area contributed by atoms with Gasteiger partial charge >= 0.3 is 0 Å². The van der Waals surface area contributed by atoms with Crippen LogP contribution in [0.2, 0.25) is 0 Å². The summed E-state index contributed by atoms with van der Waals surface area (Å²) in [5.41, 5.74) is 1.61. The lowest BCUT2D eigenvalue weighted by Crippen LogP contribution is -2.37. The maximum atomic E-state index is 12.9. The lowest BCUT2D eigenvalue weighted by Gasteiger charge is -2.24. The molecule has 1 rings (SSSR count). The summed E-state index contributed by atoms with van der Waals surface area (Å²) in [5.74, 6) is 0.320. The first kappa shape index (κ1) is 18.4. The normalized spacial score (nSPS) is 12.3. The Morgan fingerprint density at radius 2 is 1.81 bits per heavy atom. The van der Waals surface area contributed by atoms with Crippen LogP contribution in [0.3, 0.4) is 0 Å². The van der Waals surface area contributed by atoms with E-state index in [0.29, 0.717) is 30.4 Å². The first-order chi connectivity index (χ1) is 9.84. The largest absolute Gasteiger partial charge is 0.308 e. The molecule has 4 nitrogen and oxygen atoms in total. The van der Waals surface area contributed by atoms with Crippen LogP contribution in [-0.2, 0) is 15.9 Å². The van der Waals surface area contributed by atoms with Crippen LogP contribution in [0.1, 0.15) is 24.5 Å². The van der Waals surface area contributed by atoms with Gasteiger partial charge in [0.25, 0.3) is 0 Å². The molecule has 0 aliphatic heterocycles. The van der Waals surface area contributed by atoms with Gasteiger partial charge in [0.1, 0.15) is 0 Å². The highest BCUT2D eigenvalue weighted by Gasteiger charge is 2.25. The summed E-state index contributed by atoms with van der Waals surface area (Å²) >= 11 is 5.88. The minimum absolute atomic E-state index is 0.320. The monoisotopic (exact) mass is 332 g/mol. The molecule has 120 valence electrons. The molecule has 0 saturated carbocycles. The summed E-state index contributed by atoms with van der Waals surface area (Å²) in [5, 5.41) is 0. The molecule has 0 saturated heterocycles. The van der Waals surface area contributed by atoms with Crippen LogP contribution in [0, 0.1) is 6.92 Å². The van der Waals surface area contributed by atoms with Crippen LogP contribution in [0.4, 0.5) is 0 Å². The van der Waals surface area contributed by atoms with Gasteiger partial charge in [0, 0.05) is 25.5 Å². The number of rotatable bonds is 8. The van der Waals surface area contributed by atoms with E-state index >= 15 is 0 Å². The van der Waals surface area contributed by atoms with Crippen LogP contribution >= 0.6 is 11.6 Å². The van der Waals surface area contributed by atoms with Gasteiger partial charge in [-0.05, 0) is 44.6 Å². The average molecular weight is 333 g/mol. The van der Waals surface area contributed by atoms with Crippen molar-refractivity contribution in [2.75, 3.05) is 33.7 Å². The van der Waals surface area contributed by atoms with E-state index in [1.54, 1.807) is 16.4 Å². The molecule has 21 heavy (non-hydrogen) atoms. The van der Waals surface area contributed by atoms with E-state index in [0.717, 1.165) is 17.5 Å². The molecule has 6 heteroatoms. The Balaban J connectivity index is 3.16. The maximum Gasteiger partial charge on any atom is 0.243 e. The van der Waals surface area contributed by atoms with Gasteiger partial charge in [0.15, 0.2) is 0 Å². The number of halogens is 1. The molecule has 0 spiro atoms. The van der Waals surface area contributed by atoms with Crippen molar-refractivity contribution in [3.8, 4) is 0 Å². The van der Waals surface area contributed by atoms with E-state index < -0.39 is 10.0 Å². The Bertz CT molecular complexity index is 559. The van der Waals surface area contributed by atoms with Crippen LogP contribution < -0.4 is 0 Å². The van der Waals surface area contributed by atoms with E-state index in [4.69, 9.17) is 11.6 Å². The molecule has 0 atom stereocenters. The zero-order valence-electron chi connectivity index (χ0n) is 13.3. The van der Waals surface area contributed by atoms with E-state index in [1.807, 2.05) is 38.9 Å². The fraction of sp³-hybridized carbons (Fsp3) is 0.600. The van der Waals surface area contributed by atoms with Gasteiger partial charge in [-0.1, -0.05) is 19.1 Å². The van der Waals surface area contributed by atoms with Gasteiger partial charge in [-0.25, -0.2) is 8.42 Å². The third-order valence-corrected chi connectivity index (χ3v) is 5.76. The maximum absolute atomic E-state index is 12.9. The van der Waals surface area contributed by atoms with Crippen molar-refractivity contribution in [1.82, 2.24) is 9.21 Å². The quantitative estimate of drug-likeness (QED) is 0.687. The Labute approximate surface area is 133 Å². The van der Waals surface area contributed by atoms with Gasteiger partial charge in [0.05, 0.1) is 4.90 Å². The molecule has 0 N–H and O–H groups in total. The molecular formula is C15H25ClN2O2S. The van der Waals surface area contributed by atoms with Crippen molar-refractivity contribution in [2.24, 2.45) is 0 Å². The number of sulfonamides is 1. The molecule has 1 aromatic rings. The number of hydrogen-bond acceptors (Lipinski definition) is 3. The standard InChI is InChI=1S/C15H25ClN2O2S/c1-5-9-18(11-10-17(3)4)21(19,20)15-8-6-7-14(12-16)13(15)2/h6-8H,5,9-12H2,1-4H3. The highest BCUT2D eigenvalue weighted by molar-refractivity contribution is 7.89. The molecule has 0 fully saturated rings. The zero-order valence-corrected chi connectivity index (χ0v) is 14.8. The van der Waals surface area contributed by atoms with E-state index in [1.165, 1.54) is 0 Å². The Morgan fingerprint density at radius 3 is 2.33 bits per heavy atom. The van der Waals surface area contributed by atoms with Crippen molar-refractivity contribution in [3.63, 3.8) is 0 Å². The minimum atomic E-state index is -3.47. The molecule has 0 unspecified atom stereocenters. The molecule has 0 radical (unpaired) electrons. The number of hydrogen-bond donors (Lipinski definition) is 0. The van der Waals surface area contributed by atoms with Gasteiger partial charge in [0.2, 0.25) is 10.0 Å². The van der Waals surface area contributed by atoms with Gasteiger partial charge in [-0.2, -0.15) is 4.31 Å². The summed E-state index contributed by atoms with van der Waals surface area (Å²) in [6.45, 7) is 5.53. The smallest absolute Gasteiger partial charge is 0.243 e. The highest BCUT2D eigenvalue weighted by atomic mass is 35.5. The van der Waals surface area contributed by atoms with Crippen LogP contribution in [0.15, 0.2) is 23.1 Å².